The van der Waals surface area contributed by atoms with Crippen LogP contribution in [-0.4, -0.2) is 65.7 Å². The van der Waals surface area contributed by atoms with Gasteiger partial charge in [-0.3, -0.25) is 18.6 Å². The largest absolute Gasteiger partial charge is 0.472 e. The molecule has 10 nitrogen and oxygen atoms in total. The van der Waals surface area contributed by atoms with Crippen molar-refractivity contribution in [3.8, 4) is 0 Å². The second-order valence-corrected chi connectivity index (χ2v) is 14.1. The Hall–Kier alpha value is -1.03. The highest BCUT2D eigenvalue weighted by molar-refractivity contribution is 7.47. The second kappa shape index (κ2) is 32.5. The molecule has 3 unspecified atom stereocenters. The fourth-order valence-corrected chi connectivity index (χ4v) is 5.90. The number of phosphoric ester groups is 1. The maximum absolute atomic E-state index is 12.5. The van der Waals surface area contributed by atoms with Crippen LogP contribution >= 0.6 is 7.82 Å². The summed E-state index contributed by atoms with van der Waals surface area (Å²) in [7, 11) is -4.59. The van der Waals surface area contributed by atoms with Crippen molar-refractivity contribution in [2.24, 2.45) is 0 Å². The molecule has 274 valence electrons. The fourth-order valence-electron chi connectivity index (χ4n) is 5.11. The molecule has 0 aromatic heterocycles. The Labute approximate surface area is 280 Å². The quantitative estimate of drug-likeness (QED) is 0.0337. The lowest BCUT2D eigenvalue weighted by Gasteiger charge is -2.20. The Balaban J connectivity index is 4.22. The van der Waals surface area contributed by atoms with E-state index >= 15 is 0 Å². The van der Waals surface area contributed by atoms with Gasteiger partial charge in [-0.2, -0.15) is 0 Å². The molecule has 0 fully saturated rings. The first-order valence-electron chi connectivity index (χ1n) is 18.5. The van der Waals surface area contributed by atoms with Crippen LogP contribution in [0.1, 0.15) is 174 Å². The van der Waals surface area contributed by atoms with E-state index in [0.717, 1.165) is 44.9 Å². The first kappa shape index (κ1) is 45.0. The van der Waals surface area contributed by atoms with Crippen molar-refractivity contribution in [2.45, 2.75) is 187 Å². The van der Waals surface area contributed by atoms with E-state index in [1.807, 2.05) is 0 Å². The van der Waals surface area contributed by atoms with E-state index in [2.05, 4.69) is 18.4 Å². The molecule has 0 saturated heterocycles. The molecule has 0 amide bonds. The van der Waals surface area contributed by atoms with Gasteiger partial charge in [0.25, 0.3) is 0 Å². The van der Waals surface area contributed by atoms with Crippen LogP contribution in [-0.2, 0) is 32.7 Å². The van der Waals surface area contributed by atoms with E-state index < -0.39 is 51.8 Å². The number of unbranched alkanes of at least 4 members (excludes halogenated alkanes) is 21. The standard InChI is InChI=1S/C35H69O10P/c1-3-5-7-9-11-12-13-14-15-16-17-18-19-20-21-23-25-27-35(39)45-33(31-44-46(40,41)43-29-32(37)28-36)30-42-34(38)26-24-22-10-8-6-4-2/h32-33,36-37H,3-31H2,1-2H3,(H,40,41). The normalized spacial score (nSPS) is 14.1. The lowest BCUT2D eigenvalue weighted by atomic mass is 10.0. The Kier molecular flexibility index (Phi) is 31.8. The maximum Gasteiger partial charge on any atom is 0.472 e. The Morgan fingerprint density at radius 3 is 1.35 bits per heavy atom. The van der Waals surface area contributed by atoms with Crippen LogP contribution in [0.5, 0.6) is 0 Å². The summed E-state index contributed by atoms with van der Waals surface area (Å²) in [5.41, 5.74) is 0. The molecule has 11 heteroatoms. The van der Waals surface area contributed by atoms with Crippen molar-refractivity contribution in [3.05, 3.63) is 0 Å². The fraction of sp³-hybridized carbons (Fsp3) is 0.943. The van der Waals surface area contributed by atoms with Crippen LogP contribution < -0.4 is 0 Å². The Morgan fingerprint density at radius 2 is 0.935 bits per heavy atom. The number of esters is 2. The minimum atomic E-state index is -4.59. The smallest absolute Gasteiger partial charge is 0.462 e. The molecule has 3 N–H and O–H groups in total. The zero-order valence-corrected chi connectivity index (χ0v) is 30.2. The summed E-state index contributed by atoms with van der Waals surface area (Å²) in [6, 6.07) is 0. The maximum atomic E-state index is 12.5. The topological polar surface area (TPSA) is 149 Å². The molecule has 0 aromatic carbocycles. The number of hydrogen-bond acceptors (Lipinski definition) is 9. The first-order chi connectivity index (χ1) is 22.2. The van der Waals surface area contributed by atoms with Crippen LogP contribution in [0.3, 0.4) is 0 Å². The highest BCUT2D eigenvalue weighted by Gasteiger charge is 2.27. The number of carbonyl (C=O) groups is 2. The number of phosphoric acid groups is 1. The molecule has 0 heterocycles. The molecule has 0 bridgehead atoms. The molecule has 0 aliphatic rings. The van der Waals surface area contributed by atoms with Gasteiger partial charge in [-0.05, 0) is 12.8 Å². The minimum absolute atomic E-state index is 0.191. The molecule has 3 atom stereocenters. The van der Waals surface area contributed by atoms with Gasteiger partial charge in [-0.25, -0.2) is 4.57 Å². The first-order valence-corrected chi connectivity index (χ1v) is 20.0. The van der Waals surface area contributed by atoms with E-state index in [9.17, 15) is 24.2 Å². The van der Waals surface area contributed by atoms with Crippen molar-refractivity contribution in [2.75, 3.05) is 26.4 Å². The van der Waals surface area contributed by atoms with E-state index in [1.54, 1.807) is 0 Å². The molecule has 0 aliphatic heterocycles. The van der Waals surface area contributed by atoms with Gasteiger partial charge in [0, 0.05) is 12.8 Å². The Bertz CT molecular complexity index is 751. The average Bonchev–Trinajstić information content (AvgIpc) is 3.04. The molecule has 0 rings (SSSR count). The SMILES string of the molecule is CCCCCCCCCCCCCCCCCCCC(=O)OC(COC(=O)CCCCCCCC)COP(=O)(O)OCC(O)CO. The summed E-state index contributed by atoms with van der Waals surface area (Å²) >= 11 is 0. The van der Waals surface area contributed by atoms with E-state index in [-0.39, 0.29) is 19.4 Å². The predicted molar refractivity (Wildman–Crippen MR) is 182 cm³/mol. The van der Waals surface area contributed by atoms with Crippen LogP contribution in [0.15, 0.2) is 0 Å². The third-order valence-electron chi connectivity index (χ3n) is 8.01. The van der Waals surface area contributed by atoms with Gasteiger partial charge in [0.2, 0.25) is 0 Å². The van der Waals surface area contributed by atoms with Crippen LogP contribution in [0.2, 0.25) is 0 Å². The molecule has 46 heavy (non-hydrogen) atoms. The lowest BCUT2D eigenvalue weighted by molar-refractivity contribution is -0.161. The van der Waals surface area contributed by atoms with Gasteiger partial charge in [-0.15, -0.1) is 0 Å². The molecular weight excluding hydrogens is 611 g/mol. The van der Waals surface area contributed by atoms with Gasteiger partial charge in [0.1, 0.15) is 12.7 Å². The molecule has 0 spiro atoms. The molecule has 0 aromatic rings. The van der Waals surface area contributed by atoms with Crippen molar-refractivity contribution >= 4 is 19.8 Å². The summed E-state index contributed by atoms with van der Waals surface area (Å²) in [6.45, 7) is 2.31. The number of hydrogen-bond donors (Lipinski definition) is 3. The van der Waals surface area contributed by atoms with Crippen molar-refractivity contribution < 1.29 is 47.8 Å². The summed E-state index contributed by atoms with van der Waals surface area (Å²) in [5, 5.41) is 18.2. The number of rotatable bonds is 35. The molecule has 0 saturated carbocycles. The van der Waals surface area contributed by atoms with E-state index in [4.69, 9.17) is 19.1 Å². The monoisotopic (exact) mass is 680 g/mol. The number of aliphatic hydroxyl groups is 2. The van der Waals surface area contributed by atoms with Crippen molar-refractivity contribution in [1.82, 2.24) is 0 Å². The van der Waals surface area contributed by atoms with Gasteiger partial charge < -0.3 is 24.6 Å². The zero-order valence-electron chi connectivity index (χ0n) is 29.3. The summed E-state index contributed by atoms with van der Waals surface area (Å²) in [4.78, 5) is 34.5. The third kappa shape index (κ3) is 31.6. The summed E-state index contributed by atoms with van der Waals surface area (Å²) in [5.74, 6) is -0.926. The average molecular weight is 681 g/mol. The van der Waals surface area contributed by atoms with E-state index in [1.165, 1.54) is 89.9 Å². The lowest BCUT2D eigenvalue weighted by Crippen LogP contribution is -2.29. The third-order valence-corrected chi connectivity index (χ3v) is 8.96. The Morgan fingerprint density at radius 1 is 0.565 bits per heavy atom. The van der Waals surface area contributed by atoms with Gasteiger partial charge in [0.05, 0.1) is 19.8 Å². The van der Waals surface area contributed by atoms with Gasteiger partial charge in [0.15, 0.2) is 6.10 Å². The minimum Gasteiger partial charge on any atom is -0.462 e. The summed E-state index contributed by atoms with van der Waals surface area (Å²) < 4.78 is 32.4. The zero-order chi connectivity index (χ0) is 34.1. The molecule has 0 radical (unpaired) electrons. The van der Waals surface area contributed by atoms with E-state index in [0.29, 0.717) is 12.8 Å². The van der Waals surface area contributed by atoms with Crippen LogP contribution in [0.25, 0.3) is 0 Å². The summed E-state index contributed by atoms with van der Waals surface area (Å²) in [6.07, 6.45) is 25.4. The number of aliphatic hydroxyl groups excluding tert-OH is 2. The number of carbonyl (C=O) groups excluding carboxylic acids is 2. The van der Waals surface area contributed by atoms with Crippen LogP contribution in [0, 0.1) is 0 Å². The highest BCUT2D eigenvalue weighted by atomic mass is 31.2. The van der Waals surface area contributed by atoms with Gasteiger partial charge >= 0.3 is 19.8 Å². The highest BCUT2D eigenvalue weighted by Crippen LogP contribution is 2.43. The van der Waals surface area contributed by atoms with Gasteiger partial charge in [-0.1, -0.05) is 149 Å². The molecule has 0 aliphatic carbocycles. The second-order valence-electron chi connectivity index (χ2n) is 12.6. The van der Waals surface area contributed by atoms with Crippen molar-refractivity contribution in [1.29, 1.82) is 0 Å². The predicted octanol–water partition coefficient (Wildman–Crippen LogP) is 8.72. The number of ether oxygens (including phenoxy) is 2. The van der Waals surface area contributed by atoms with Crippen molar-refractivity contribution in [3.63, 3.8) is 0 Å². The van der Waals surface area contributed by atoms with Crippen LogP contribution in [0.4, 0.5) is 0 Å². The molecular formula is C35H69O10P.